The quantitative estimate of drug-likeness (QED) is 0.620. The second-order valence-electron chi connectivity index (χ2n) is 9.57. The third kappa shape index (κ3) is 6.82. The summed E-state index contributed by atoms with van der Waals surface area (Å²) in [5.41, 5.74) is 1.10. The van der Waals surface area contributed by atoms with E-state index < -0.39 is 6.04 Å². The molecule has 0 saturated carbocycles. The van der Waals surface area contributed by atoms with E-state index in [9.17, 15) is 9.59 Å². The Morgan fingerprint density at radius 2 is 1.47 bits per heavy atom. The average molecular weight is 437 g/mol. The van der Waals surface area contributed by atoms with E-state index in [1.807, 2.05) is 36.9 Å². The van der Waals surface area contributed by atoms with E-state index in [0.717, 1.165) is 42.0 Å². The Labute approximate surface area is 193 Å². The second kappa shape index (κ2) is 12.6. The highest BCUT2D eigenvalue weighted by Gasteiger charge is 2.32. The average Bonchev–Trinajstić information content (AvgIpc) is 2.78. The van der Waals surface area contributed by atoms with Gasteiger partial charge in [0, 0.05) is 19.5 Å². The molecule has 1 aliphatic rings. The fraction of sp³-hybridized carbons (Fsp3) is 0.571. The first kappa shape index (κ1) is 24.3. The summed E-state index contributed by atoms with van der Waals surface area (Å²) in [6.45, 7) is 5.26. The number of rotatable bonds is 3. The van der Waals surface area contributed by atoms with Gasteiger partial charge < -0.3 is 10.2 Å². The predicted octanol–water partition coefficient (Wildman–Crippen LogP) is 6.22. The highest BCUT2D eigenvalue weighted by atomic mass is 16.2. The van der Waals surface area contributed by atoms with Gasteiger partial charge in [-0.1, -0.05) is 101 Å². The van der Waals surface area contributed by atoms with E-state index in [-0.39, 0.29) is 17.7 Å². The van der Waals surface area contributed by atoms with Gasteiger partial charge in [-0.25, -0.2) is 0 Å². The Hall–Kier alpha value is -2.36. The van der Waals surface area contributed by atoms with Crippen LogP contribution in [0.15, 0.2) is 42.5 Å². The van der Waals surface area contributed by atoms with Gasteiger partial charge in [0.15, 0.2) is 0 Å². The van der Waals surface area contributed by atoms with Gasteiger partial charge in [0.1, 0.15) is 6.04 Å². The Bertz CT molecular complexity index is 871. The molecule has 4 nitrogen and oxygen atoms in total. The van der Waals surface area contributed by atoms with Crippen LogP contribution in [0.2, 0.25) is 0 Å². The zero-order valence-electron chi connectivity index (χ0n) is 19.9. The molecule has 0 spiro atoms. The fourth-order valence-corrected chi connectivity index (χ4v) is 4.86. The van der Waals surface area contributed by atoms with Crippen molar-refractivity contribution in [2.24, 2.45) is 5.92 Å². The molecule has 0 radical (unpaired) electrons. The summed E-state index contributed by atoms with van der Waals surface area (Å²) in [4.78, 5) is 28.6. The van der Waals surface area contributed by atoms with Crippen molar-refractivity contribution in [3.8, 4) is 0 Å². The Balaban J connectivity index is 1.86. The summed E-state index contributed by atoms with van der Waals surface area (Å²) >= 11 is 0. The van der Waals surface area contributed by atoms with Crippen LogP contribution in [0.25, 0.3) is 10.8 Å². The van der Waals surface area contributed by atoms with Crippen molar-refractivity contribution >= 4 is 22.6 Å². The Kier molecular flexibility index (Phi) is 9.58. The van der Waals surface area contributed by atoms with Gasteiger partial charge in [0.25, 0.3) is 0 Å². The molecule has 1 unspecified atom stereocenters. The van der Waals surface area contributed by atoms with E-state index in [1.54, 1.807) is 0 Å². The number of amides is 2. The van der Waals surface area contributed by atoms with E-state index in [1.165, 1.54) is 32.1 Å². The van der Waals surface area contributed by atoms with Crippen molar-refractivity contribution in [1.82, 2.24) is 10.2 Å². The number of hydrogen-bond donors (Lipinski definition) is 1. The van der Waals surface area contributed by atoms with Gasteiger partial charge in [-0.15, -0.1) is 0 Å². The molecule has 1 N–H and O–H groups in total. The molecular formula is C28H40N2O2. The first-order chi connectivity index (χ1) is 15.6. The number of fused-ring (bicyclic) bond motifs is 1. The maximum absolute atomic E-state index is 13.5. The van der Waals surface area contributed by atoms with Gasteiger partial charge in [0.05, 0.1) is 0 Å². The van der Waals surface area contributed by atoms with Crippen molar-refractivity contribution < 1.29 is 9.59 Å². The van der Waals surface area contributed by atoms with Crippen LogP contribution in [-0.4, -0.2) is 29.3 Å². The predicted molar refractivity (Wildman–Crippen MR) is 132 cm³/mol. The molecule has 0 bridgehead atoms. The zero-order valence-corrected chi connectivity index (χ0v) is 19.9. The standard InChI is InChI=1S/C28H40N2O2/c1-22(2)27-28(32)29-20-13-9-7-5-3-4-6-8-10-19-26(31)30(27)21-24-17-14-16-23-15-11-12-18-25(23)24/h11-12,14-18,22,27H,3-10,13,19-21H2,1-2H3,(H,29,32). The summed E-state index contributed by atoms with van der Waals surface area (Å²) < 4.78 is 0. The number of nitrogens with one attached hydrogen (secondary N) is 1. The Morgan fingerprint density at radius 3 is 2.19 bits per heavy atom. The molecule has 1 atom stereocenters. The van der Waals surface area contributed by atoms with Gasteiger partial charge in [-0.3, -0.25) is 9.59 Å². The minimum Gasteiger partial charge on any atom is -0.354 e. The maximum Gasteiger partial charge on any atom is 0.243 e. The second-order valence-corrected chi connectivity index (χ2v) is 9.57. The third-order valence-corrected chi connectivity index (χ3v) is 6.64. The monoisotopic (exact) mass is 436 g/mol. The molecule has 1 fully saturated rings. The minimum atomic E-state index is -0.450. The number of benzene rings is 2. The van der Waals surface area contributed by atoms with Gasteiger partial charge in [0.2, 0.25) is 11.8 Å². The lowest BCUT2D eigenvalue weighted by molar-refractivity contribution is -0.143. The lowest BCUT2D eigenvalue weighted by atomic mass is 9.97. The van der Waals surface area contributed by atoms with Crippen molar-refractivity contribution in [2.45, 2.75) is 90.6 Å². The van der Waals surface area contributed by atoms with E-state index in [2.05, 4.69) is 29.6 Å². The summed E-state index contributed by atoms with van der Waals surface area (Å²) in [6, 6.07) is 14.1. The third-order valence-electron chi connectivity index (χ3n) is 6.64. The molecule has 3 rings (SSSR count). The first-order valence-electron chi connectivity index (χ1n) is 12.6. The van der Waals surface area contributed by atoms with Crippen LogP contribution in [0.4, 0.5) is 0 Å². The molecular weight excluding hydrogens is 396 g/mol. The maximum atomic E-state index is 13.5. The molecule has 0 aromatic heterocycles. The smallest absolute Gasteiger partial charge is 0.243 e. The molecule has 174 valence electrons. The molecule has 32 heavy (non-hydrogen) atoms. The van der Waals surface area contributed by atoms with Crippen LogP contribution in [-0.2, 0) is 16.1 Å². The van der Waals surface area contributed by atoms with E-state index >= 15 is 0 Å². The topological polar surface area (TPSA) is 49.4 Å². The van der Waals surface area contributed by atoms with Crippen molar-refractivity contribution in [2.75, 3.05) is 6.54 Å². The molecule has 0 aliphatic carbocycles. The van der Waals surface area contributed by atoms with Crippen LogP contribution < -0.4 is 5.32 Å². The highest BCUT2D eigenvalue weighted by molar-refractivity contribution is 5.89. The van der Waals surface area contributed by atoms with Crippen molar-refractivity contribution in [3.05, 3.63) is 48.0 Å². The largest absolute Gasteiger partial charge is 0.354 e. The highest BCUT2D eigenvalue weighted by Crippen LogP contribution is 2.24. The van der Waals surface area contributed by atoms with Crippen LogP contribution in [0.3, 0.4) is 0 Å². The van der Waals surface area contributed by atoms with Gasteiger partial charge in [-0.05, 0) is 35.1 Å². The number of carbonyl (C=O) groups is 2. The van der Waals surface area contributed by atoms with Crippen LogP contribution in [0.5, 0.6) is 0 Å². The van der Waals surface area contributed by atoms with Gasteiger partial charge in [-0.2, -0.15) is 0 Å². The lowest BCUT2D eigenvalue weighted by Crippen LogP contribution is -2.52. The number of carbonyl (C=O) groups excluding carboxylic acids is 2. The Morgan fingerprint density at radius 1 is 0.844 bits per heavy atom. The normalized spacial score (nSPS) is 20.5. The molecule has 2 amide bonds. The molecule has 2 aromatic rings. The van der Waals surface area contributed by atoms with Crippen molar-refractivity contribution in [1.29, 1.82) is 0 Å². The van der Waals surface area contributed by atoms with Crippen LogP contribution in [0, 0.1) is 5.92 Å². The lowest BCUT2D eigenvalue weighted by Gasteiger charge is -2.34. The summed E-state index contributed by atoms with van der Waals surface area (Å²) in [6.07, 6.45) is 10.9. The number of hydrogen-bond acceptors (Lipinski definition) is 2. The summed E-state index contributed by atoms with van der Waals surface area (Å²) in [7, 11) is 0. The van der Waals surface area contributed by atoms with Gasteiger partial charge >= 0.3 is 0 Å². The number of nitrogens with zero attached hydrogens (tertiary/aromatic N) is 1. The summed E-state index contributed by atoms with van der Waals surface area (Å²) in [5.74, 6) is 0.132. The van der Waals surface area contributed by atoms with E-state index in [0.29, 0.717) is 19.5 Å². The summed E-state index contributed by atoms with van der Waals surface area (Å²) in [5, 5.41) is 5.45. The molecule has 1 aliphatic heterocycles. The fourth-order valence-electron chi connectivity index (χ4n) is 4.86. The molecule has 1 saturated heterocycles. The van der Waals surface area contributed by atoms with E-state index in [4.69, 9.17) is 0 Å². The molecule has 4 heteroatoms. The van der Waals surface area contributed by atoms with Crippen LogP contribution >= 0.6 is 0 Å². The van der Waals surface area contributed by atoms with Crippen LogP contribution in [0.1, 0.15) is 83.6 Å². The minimum absolute atomic E-state index is 0.0133. The molecule has 2 aromatic carbocycles. The first-order valence-corrected chi connectivity index (χ1v) is 12.6. The SMILES string of the molecule is CC(C)C1C(=O)NCCCCCCCCCCCC(=O)N1Cc1cccc2ccccc12. The zero-order chi connectivity index (χ0) is 22.8. The van der Waals surface area contributed by atoms with Crippen molar-refractivity contribution in [3.63, 3.8) is 0 Å². The molecule has 1 heterocycles.